The molecule has 0 atom stereocenters. The van der Waals surface area contributed by atoms with Crippen LogP contribution in [0, 0.1) is 0 Å². The molecule has 2 aromatic carbocycles. The number of hydrogen-bond donors (Lipinski definition) is 2. The molecule has 1 fully saturated rings. The molecule has 178 valence electrons. The minimum absolute atomic E-state index is 0.00289. The van der Waals surface area contributed by atoms with Gasteiger partial charge in [-0.1, -0.05) is 30.3 Å². The minimum Gasteiger partial charge on any atom is -0.475 e. The molecule has 0 aliphatic carbocycles. The Labute approximate surface area is 189 Å². The van der Waals surface area contributed by atoms with Gasteiger partial charge in [0, 0.05) is 30.9 Å². The first-order chi connectivity index (χ1) is 15.6. The number of aliphatic carboxylic acids is 1. The van der Waals surface area contributed by atoms with Gasteiger partial charge < -0.3 is 15.7 Å². The van der Waals surface area contributed by atoms with Crippen LogP contribution in [-0.4, -0.2) is 53.6 Å². The zero-order chi connectivity index (χ0) is 24.4. The van der Waals surface area contributed by atoms with Crippen LogP contribution in [0.5, 0.6) is 0 Å². The summed E-state index contributed by atoms with van der Waals surface area (Å²) in [5, 5.41) is 7.12. The van der Waals surface area contributed by atoms with Gasteiger partial charge in [-0.2, -0.15) is 13.2 Å². The summed E-state index contributed by atoms with van der Waals surface area (Å²) in [7, 11) is 0. The number of halogens is 3. The number of nitrogens with zero attached hydrogens (tertiary/aromatic N) is 2. The van der Waals surface area contributed by atoms with Crippen LogP contribution >= 0.6 is 0 Å². The summed E-state index contributed by atoms with van der Waals surface area (Å²) in [5.41, 5.74) is 7.86. The van der Waals surface area contributed by atoms with E-state index in [0.717, 1.165) is 43.6 Å². The van der Waals surface area contributed by atoms with Crippen molar-refractivity contribution in [3.63, 3.8) is 0 Å². The van der Waals surface area contributed by atoms with E-state index >= 15 is 0 Å². The maximum atomic E-state index is 13.1. The maximum Gasteiger partial charge on any atom is 0.490 e. The zero-order valence-corrected chi connectivity index (χ0v) is 17.9. The second kappa shape index (κ2) is 12.0. The Balaban J connectivity index is 0.000000479. The third kappa shape index (κ3) is 7.90. The summed E-state index contributed by atoms with van der Waals surface area (Å²) in [5.74, 6) is -2.94. The topological polar surface area (TPSA) is 104 Å². The molecule has 0 spiro atoms. The molecule has 1 heterocycles. The average Bonchev–Trinajstić information content (AvgIpc) is 2.83. The number of carbonyl (C=O) groups is 3. The highest BCUT2D eigenvalue weighted by Gasteiger charge is 2.38. The lowest BCUT2D eigenvalue weighted by Gasteiger charge is -2.30. The van der Waals surface area contributed by atoms with Gasteiger partial charge in [0.2, 0.25) is 5.91 Å². The van der Waals surface area contributed by atoms with Crippen molar-refractivity contribution in [2.75, 3.05) is 24.5 Å². The molecule has 33 heavy (non-hydrogen) atoms. The number of carbonyl (C=O) groups excluding carboxylic acids is 2. The molecule has 2 aromatic rings. The van der Waals surface area contributed by atoms with Crippen LogP contribution in [0.1, 0.15) is 35.2 Å². The predicted octanol–water partition coefficient (Wildman–Crippen LogP) is 3.44. The van der Waals surface area contributed by atoms with E-state index in [1.807, 2.05) is 47.4 Å². The van der Waals surface area contributed by atoms with Gasteiger partial charge in [0.05, 0.1) is 0 Å². The summed E-state index contributed by atoms with van der Waals surface area (Å²) < 4.78 is 31.7. The number of nitrogens with two attached hydrogens (primary N) is 1. The van der Waals surface area contributed by atoms with Crippen LogP contribution in [0.25, 0.3) is 0 Å². The molecule has 1 saturated heterocycles. The van der Waals surface area contributed by atoms with Gasteiger partial charge in [-0.05, 0) is 49.1 Å². The van der Waals surface area contributed by atoms with E-state index in [2.05, 4.69) is 0 Å². The Morgan fingerprint density at radius 1 is 0.970 bits per heavy atom. The Kier molecular flexibility index (Phi) is 9.41. The SMILES string of the molecule is NCc1cccc(C(=O)N(CC(=O)N2CCCCC2)c2ccccc2)c1.O=C(O)C(F)(F)F. The molecular formula is C23H26F3N3O4. The van der Waals surface area contributed by atoms with E-state index < -0.39 is 12.1 Å². The van der Waals surface area contributed by atoms with Gasteiger partial charge in [-0.3, -0.25) is 14.5 Å². The smallest absolute Gasteiger partial charge is 0.475 e. The highest BCUT2D eigenvalue weighted by atomic mass is 19.4. The standard InChI is InChI=1S/C21H25N3O2.C2HF3O2/c22-15-17-8-7-9-18(14-17)21(26)24(19-10-3-1-4-11-19)16-20(25)23-12-5-2-6-13-23;3-2(4,5)1(6)7/h1,3-4,7-11,14H,2,5-6,12-13,15-16,22H2;(H,6,7). The number of alkyl halides is 3. The van der Waals surface area contributed by atoms with Crippen molar-refractivity contribution in [1.82, 2.24) is 4.90 Å². The van der Waals surface area contributed by atoms with E-state index in [-0.39, 0.29) is 18.4 Å². The number of carboxylic acids is 1. The number of likely N-dealkylation sites (tertiary alicyclic amines) is 1. The second-order valence-electron chi connectivity index (χ2n) is 7.38. The molecule has 3 rings (SSSR count). The number of piperidine rings is 1. The van der Waals surface area contributed by atoms with Crippen molar-refractivity contribution in [1.29, 1.82) is 0 Å². The Hall–Kier alpha value is -3.40. The van der Waals surface area contributed by atoms with Gasteiger partial charge in [-0.25, -0.2) is 4.79 Å². The van der Waals surface area contributed by atoms with Gasteiger partial charge in [0.1, 0.15) is 6.54 Å². The fourth-order valence-electron chi connectivity index (χ4n) is 3.25. The lowest BCUT2D eigenvalue weighted by Crippen LogP contribution is -2.45. The van der Waals surface area contributed by atoms with Gasteiger partial charge in [-0.15, -0.1) is 0 Å². The summed E-state index contributed by atoms with van der Waals surface area (Å²) in [6.45, 7) is 1.98. The molecule has 2 amide bonds. The largest absolute Gasteiger partial charge is 0.490 e. The highest BCUT2D eigenvalue weighted by Crippen LogP contribution is 2.19. The lowest BCUT2D eigenvalue weighted by molar-refractivity contribution is -0.192. The Bertz CT molecular complexity index is 945. The van der Waals surface area contributed by atoms with Crippen LogP contribution in [0.15, 0.2) is 54.6 Å². The van der Waals surface area contributed by atoms with Crippen molar-refractivity contribution in [3.05, 3.63) is 65.7 Å². The second-order valence-corrected chi connectivity index (χ2v) is 7.38. The van der Waals surface area contributed by atoms with Crippen molar-refractivity contribution in [2.45, 2.75) is 32.0 Å². The van der Waals surface area contributed by atoms with Gasteiger partial charge in [0.25, 0.3) is 5.91 Å². The third-order valence-corrected chi connectivity index (χ3v) is 4.97. The molecule has 1 aliphatic rings. The van der Waals surface area contributed by atoms with Crippen LogP contribution in [0.2, 0.25) is 0 Å². The van der Waals surface area contributed by atoms with E-state index in [0.29, 0.717) is 12.1 Å². The minimum atomic E-state index is -5.08. The number of para-hydroxylation sites is 1. The van der Waals surface area contributed by atoms with Crippen molar-refractivity contribution in [3.8, 4) is 0 Å². The summed E-state index contributed by atoms with van der Waals surface area (Å²) in [4.78, 5) is 38.2. The van der Waals surface area contributed by atoms with Crippen LogP contribution < -0.4 is 10.6 Å². The molecule has 10 heteroatoms. The highest BCUT2D eigenvalue weighted by molar-refractivity contribution is 6.08. The summed E-state index contributed by atoms with van der Waals surface area (Å²) in [6, 6.07) is 16.6. The predicted molar refractivity (Wildman–Crippen MR) is 117 cm³/mol. The van der Waals surface area contributed by atoms with Crippen LogP contribution in [-0.2, 0) is 16.1 Å². The van der Waals surface area contributed by atoms with Crippen LogP contribution in [0.4, 0.5) is 18.9 Å². The normalized spacial score (nSPS) is 13.5. The first kappa shape index (κ1) is 25.9. The first-order valence-electron chi connectivity index (χ1n) is 10.4. The first-order valence-corrected chi connectivity index (χ1v) is 10.4. The van der Waals surface area contributed by atoms with Crippen LogP contribution in [0.3, 0.4) is 0 Å². The molecule has 0 aromatic heterocycles. The number of amides is 2. The zero-order valence-electron chi connectivity index (χ0n) is 17.9. The van der Waals surface area contributed by atoms with Crippen molar-refractivity contribution < 1.29 is 32.7 Å². The number of rotatable bonds is 5. The van der Waals surface area contributed by atoms with Crippen molar-refractivity contribution in [2.24, 2.45) is 5.73 Å². The fraction of sp³-hybridized carbons (Fsp3) is 0.348. The van der Waals surface area contributed by atoms with Gasteiger partial charge in [0.15, 0.2) is 0 Å². The number of hydrogen-bond acceptors (Lipinski definition) is 4. The molecule has 0 unspecified atom stereocenters. The molecule has 7 nitrogen and oxygen atoms in total. The molecule has 1 aliphatic heterocycles. The Morgan fingerprint density at radius 3 is 2.12 bits per heavy atom. The monoisotopic (exact) mass is 465 g/mol. The molecule has 0 radical (unpaired) electrons. The molecular weight excluding hydrogens is 439 g/mol. The molecule has 0 bridgehead atoms. The maximum absolute atomic E-state index is 13.1. The van der Waals surface area contributed by atoms with Gasteiger partial charge >= 0.3 is 12.1 Å². The quantitative estimate of drug-likeness (QED) is 0.704. The molecule has 0 saturated carbocycles. The third-order valence-electron chi connectivity index (χ3n) is 4.97. The summed E-state index contributed by atoms with van der Waals surface area (Å²) in [6.07, 6.45) is -1.86. The van der Waals surface area contributed by atoms with E-state index in [1.165, 1.54) is 0 Å². The number of carboxylic acid groups (broad SMARTS) is 1. The number of benzene rings is 2. The van der Waals surface area contributed by atoms with E-state index in [4.69, 9.17) is 15.6 Å². The van der Waals surface area contributed by atoms with E-state index in [1.54, 1.807) is 17.0 Å². The van der Waals surface area contributed by atoms with E-state index in [9.17, 15) is 22.8 Å². The molecule has 3 N–H and O–H groups in total. The number of anilines is 1. The van der Waals surface area contributed by atoms with Crippen molar-refractivity contribution >= 4 is 23.5 Å². The fourth-order valence-corrected chi connectivity index (χ4v) is 3.25. The lowest BCUT2D eigenvalue weighted by atomic mass is 10.1. The Morgan fingerprint density at radius 2 is 1.58 bits per heavy atom. The summed E-state index contributed by atoms with van der Waals surface area (Å²) >= 11 is 0. The average molecular weight is 465 g/mol.